The molecule has 1 fully saturated rings. The lowest BCUT2D eigenvalue weighted by atomic mass is 10.1. The van der Waals surface area contributed by atoms with E-state index < -0.39 is 0 Å². The largest absolute Gasteiger partial charge is 0.399 e. The number of aromatic nitrogens is 4. The van der Waals surface area contributed by atoms with Gasteiger partial charge in [-0.2, -0.15) is 5.10 Å². The van der Waals surface area contributed by atoms with Crippen molar-refractivity contribution in [3.8, 4) is 11.8 Å². The standard InChI is InChI=1S/C29H29N7O2/c1-5-31-27-25(19(2)30)26(28(37)34-21-10-8-20(9-11-21)18-38-4)23(35(27)29(3)14-15-29)13-12-22-17-32-24-7-6-16-33-36(22)24/h5-11,16-17H,2,14-15,18,30H2,1,3-4H3,(H,34,37)/b31-5-. The fourth-order valence-electron chi connectivity index (χ4n) is 4.46. The zero-order chi connectivity index (χ0) is 26.9. The summed E-state index contributed by atoms with van der Waals surface area (Å²) in [7, 11) is 1.64. The van der Waals surface area contributed by atoms with Crippen LogP contribution in [0.15, 0.2) is 60.4 Å². The van der Waals surface area contributed by atoms with Crippen LogP contribution in [0, 0.1) is 11.8 Å². The molecule has 1 saturated carbocycles. The fourth-order valence-corrected chi connectivity index (χ4v) is 4.46. The zero-order valence-corrected chi connectivity index (χ0v) is 21.7. The Morgan fingerprint density at radius 1 is 1.26 bits per heavy atom. The first-order valence-corrected chi connectivity index (χ1v) is 12.3. The lowest BCUT2D eigenvalue weighted by Gasteiger charge is -2.16. The Hall–Kier alpha value is -4.68. The molecule has 5 rings (SSSR count). The lowest BCUT2D eigenvalue weighted by Crippen LogP contribution is -2.18. The van der Waals surface area contributed by atoms with E-state index >= 15 is 0 Å². The molecule has 0 spiro atoms. The van der Waals surface area contributed by atoms with Crippen molar-refractivity contribution in [2.75, 3.05) is 12.4 Å². The summed E-state index contributed by atoms with van der Waals surface area (Å²) in [5.74, 6) is 6.66. The molecule has 0 bridgehead atoms. The number of ether oxygens (including phenoxy) is 1. The fraction of sp³-hybridized carbons (Fsp3) is 0.241. The van der Waals surface area contributed by atoms with Gasteiger partial charge >= 0.3 is 0 Å². The van der Waals surface area contributed by atoms with E-state index in [0.717, 1.165) is 18.4 Å². The number of amides is 1. The summed E-state index contributed by atoms with van der Waals surface area (Å²) >= 11 is 0. The van der Waals surface area contributed by atoms with Gasteiger partial charge in [0, 0.05) is 36.4 Å². The maximum atomic E-state index is 13.9. The highest BCUT2D eigenvalue weighted by Crippen LogP contribution is 2.49. The number of nitrogens with one attached hydrogen (secondary N) is 1. The lowest BCUT2D eigenvalue weighted by molar-refractivity contribution is 0.102. The first-order valence-electron chi connectivity index (χ1n) is 12.3. The monoisotopic (exact) mass is 507 g/mol. The minimum Gasteiger partial charge on any atom is -0.399 e. The first kappa shape index (κ1) is 25.0. The maximum Gasteiger partial charge on any atom is 0.259 e. The van der Waals surface area contributed by atoms with Gasteiger partial charge < -0.3 is 20.4 Å². The number of nitrogens with zero attached hydrogens (tertiary/aromatic N) is 5. The van der Waals surface area contributed by atoms with Crippen LogP contribution in [0.25, 0.3) is 11.3 Å². The van der Waals surface area contributed by atoms with E-state index in [-0.39, 0.29) is 17.1 Å². The number of carbonyl (C=O) groups is 1. The van der Waals surface area contributed by atoms with Crippen molar-refractivity contribution in [3.05, 3.63) is 83.4 Å². The van der Waals surface area contributed by atoms with Crippen molar-refractivity contribution >= 4 is 35.0 Å². The summed E-state index contributed by atoms with van der Waals surface area (Å²) < 4.78 is 8.87. The number of nitrogens with two attached hydrogens (primary N) is 1. The van der Waals surface area contributed by atoms with Gasteiger partial charge in [0.25, 0.3) is 5.91 Å². The second-order valence-electron chi connectivity index (χ2n) is 9.44. The smallest absolute Gasteiger partial charge is 0.259 e. The molecule has 3 heterocycles. The van der Waals surface area contributed by atoms with Gasteiger partial charge in [-0.25, -0.2) is 14.5 Å². The molecule has 9 nitrogen and oxygen atoms in total. The van der Waals surface area contributed by atoms with Crippen LogP contribution in [0.1, 0.15) is 59.6 Å². The van der Waals surface area contributed by atoms with Crippen LogP contribution in [0.4, 0.5) is 11.5 Å². The second kappa shape index (κ2) is 10.00. The number of fused-ring (bicyclic) bond motifs is 1. The van der Waals surface area contributed by atoms with Gasteiger partial charge in [0.15, 0.2) is 5.65 Å². The van der Waals surface area contributed by atoms with Crippen LogP contribution in [-0.4, -0.2) is 38.4 Å². The van der Waals surface area contributed by atoms with Crippen molar-refractivity contribution in [2.24, 2.45) is 10.7 Å². The predicted molar refractivity (Wildman–Crippen MR) is 148 cm³/mol. The quantitative estimate of drug-likeness (QED) is 0.283. The number of anilines is 1. The van der Waals surface area contributed by atoms with Gasteiger partial charge in [-0.15, -0.1) is 0 Å². The normalized spacial score (nSPS) is 13.9. The summed E-state index contributed by atoms with van der Waals surface area (Å²) in [5.41, 5.74) is 10.6. The van der Waals surface area contributed by atoms with E-state index in [1.54, 1.807) is 30.2 Å². The summed E-state index contributed by atoms with van der Waals surface area (Å²) in [6, 6.07) is 11.2. The molecule has 1 amide bonds. The highest BCUT2D eigenvalue weighted by atomic mass is 16.5. The summed E-state index contributed by atoms with van der Waals surface area (Å²) in [6.45, 7) is 8.42. The predicted octanol–water partition coefficient (Wildman–Crippen LogP) is 4.49. The molecule has 192 valence electrons. The number of carbonyl (C=O) groups excluding carboxylic acids is 1. The Bertz CT molecular complexity index is 1630. The highest BCUT2D eigenvalue weighted by Gasteiger charge is 2.44. The molecule has 38 heavy (non-hydrogen) atoms. The molecule has 0 saturated heterocycles. The average molecular weight is 508 g/mol. The molecule has 4 aromatic rings. The number of aliphatic imine (C=N–C) groups is 1. The molecule has 3 aromatic heterocycles. The summed E-state index contributed by atoms with van der Waals surface area (Å²) in [5, 5.41) is 7.35. The molecule has 0 unspecified atom stereocenters. The van der Waals surface area contributed by atoms with Gasteiger partial charge in [0.1, 0.15) is 17.2 Å². The minimum absolute atomic E-state index is 0.242. The summed E-state index contributed by atoms with van der Waals surface area (Å²) in [4.78, 5) is 22.9. The van der Waals surface area contributed by atoms with Crippen LogP contribution >= 0.6 is 0 Å². The van der Waals surface area contributed by atoms with Crippen LogP contribution in [0.5, 0.6) is 0 Å². The van der Waals surface area contributed by atoms with Crippen molar-refractivity contribution in [1.82, 2.24) is 19.2 Å². The minimum atomic E-state index is -0.345. The van der Waals surface area contributed by atoms with Crippen LogP contribution in [0.2, 0.25) is 0 Å². The van der Waals surface area contributed by atoms with E-state index in [4.69, 9.17) is 10.5 Å². The van der Waals surface area contributed by atoms with Crippen molar-refractivity contribution in [3.63, 3.8) is 0 Å². The van der Waals surface area contributed by atoms with Crippen LogP contribution < -0.4 is 11.1 Å². The first-order chi connectivity index (χ1) is 18.4. The summed E-state index contributed by atoms with van der Waals surface area (Å²) in [6.07, 6.45) is 6.88. The number of hydrogen-bond acceptors (Lipinski definition) is 6. The number of benzene rings is 1. The van der Waals surface area contributed by atoms with E-state index in [2.05, 4.69) is 45.7 Å². The molecule has 1 aliphatic carbocycles. The zero-order valence-electron chi connectivity index (χ0n) is 21.7. The maximum absolute atomic E-state index is 13.9. The van der Waals surface area contributed by atoms with E-state index in [1.165, 1.54) is 0 Å². The van der Waals surface area contributed by atoms with Gasteiger partial charge in [-0.05, 0) is 68.4 Å². The highest BCUT2D eigenvalue weighted by molar-refractivity contribution is 6.10. The SMILES string of the molecule is C=C(N)c1c(C(=O)Nc2ccc(COC)cc2)c(C#Cc2cnc3cccnn23)n(C2(C)CC2)c1/N=C\C. The molecule has 1 aromatic carbocycles. The molecule has 0 atom stereocenters. The molecule has 9 heteroatoms. The molecular formula is C29H29N7O2. The Morgan fingerprint density at radius 2 is 2.03 bits per heavy atom. The third-order valence-electron chi connectivity index (χ3n) is 6.57. The number of rotatable bonds is 7. The topological polar surface area (TPSA) is 112 Å². The number of methoxy groups -OCH3 is 1. The Morgan fingerprint density at radius 3 is 2.68 bits per heavy atom. The van der Waals surface area contributed by atoms with Crippen molar-refractivity contribution < 1.29 is 9.53 Å². The Kier molecular flexibility index (Phi) is 6.57. The van der Waals surface area contributed by atoms with Crippen LogP contribution in [-0.2, 0) is 16.9 Å². The average Bonchev–Trinajstić information content (AvgIpc) is 3.37. The molecule has 1 aliphatic rings. The van der Waals surface area contributed by atoms with Gasteiger partial charge in [-0.3, -0.25) is 4.79 Å². The molecular weight excluding hydrogens is 478 g/mol. The Labute approximate surface area is 221 Å². The van der Waals surface area contributed by atoms with E-state index in [9.17, 15) is 4.79 Å². The Balaban J connectivity index is 1.68. The van der Waals surface area contributed by atoms with Gasteiger partial charge in [0.2, 0.25) is 0 Å². The third-order valence-corrected chi connectivity index (χ3v) is 6.57. The number of imidazole rings is 1. The van der Waals surface area contributed by atoms with Crippen LogP contribution in [0.3, 0.4) is 0 Å². The molecule has 0 aliphatic heterocycles. The van der Waals surface area contributed by atoms with Crippen molar-refractivity contribution in [1.29, 1.82) is 0 Å². The third kappa shape index (κ3) is 4.58. The van der Waals surface area contributed by atoms with E-state index in [1.807, 2.05) is 47.9 Å². The number of hydrogen-bond donors (Lipinski definition) is 2. The molecule has 0 radical (unpaired) electrons. The van der Waals surface area contributed by atoms with Gasteiger partial charge in [0.05, 0.1) is 23.9 Å². The van der Waals surface area contributed by atoms with Crippen molar-refractivity contribution in [2.45, 2.75) is 38.8 Å². The second-order valence-corrected chi connectivity index (χ2v) is 9.44. The molecule has 3 N–H and O–H groups in total. The van der Waals surface area contributed by atoms with Gasteiger partial charge in [-0.1, -0.05) is 18.7 Å². The van der Waals surface area contributed by atoms with E-state index in [0.29, 0.717) is 46.3 Å².